The van der Waals surface area contributed by atoms with Crippen molar-refractivity contribution >= 4 is 11.7 Å². The summed E-state index contributed by atoms with van der Waals surface area (Å²) < 4.78 is 37.3. The topological polar surface area (TPSA) is 53.2 Å². The van der Waals surface area contributed by atoms with Gasteiger partial charge in [-0.25, -0.2) is 4.79 Å². The minimum Gasteiger partial charge on any atom is -0.335 e. The van der Waals surface area contributed by atoms with Crippen molar-refractivity contribution < 1.29 is 18.0 Å². The van der Waals surface area contributed by atoms with Crippen molar-refractivity contribution in [1.29, 1.82) is 0 Å². The first-order chi connectivity index (χ1) is 9.84. The predicted molar refractivity (Wildman–Crippen MR) is 74.1 cm³/mol. The maximum atomic E-state index is 12.4. The van der Waals surface area contributed by atoms with Gasteiger partial charge in [-0.05, 0) is 50.6 Å². The Kier molecular flexibility index (Phi) is 4.72. The van der Waals surface area contributed by atoms with Crippen LogP contribution in [0.5, 0.6) is 0 Å². The Morgan fingerprint density at radius 2 is 1.95 bits per heavy atom. The Morgan fingerprint density at radius 3 is 2.52 bits per heavy atom. The molecule has 4 nitrogen and oxygen atoms in total. The minimum atomic E-state index is -4.37. The van der Waals surface area contributed by atoms with E-state index in [9.17, 15) is 18.0 Å². The van der Waals surface area contributed by atoms with Gasteiger partial charge < -0.3 is 16.0 Å². The Labute approximate surface area is 121 Å². The van der Waals surface area contributed by atoms with E-state index in [1.54, 1.807) is 0 Å². The molecular weight excluding hydrogens is 283 g/mol. The van der Waals surface area contributed by atoms with Crippen LogP contribution in [0.1, 0.15) is 25.3 Å². The number of piperidine rings is 1. The third-order valence-electron chi connectivity index (χ3n) is 3.43. The van der Waals surface area contributed by atoms with Gasteiger partial charge in [-0.1, -0.05) is 0 Å². The Bertz CT molecular complexity index is 487. The van der Waals surface area contributed by atoms with Crippen LogP contribution in [0.15, 0.2) is 24.3 Å². The monoisotopic (exact) mass is 301 g/mol. The maximum Gasteiger partial charge on any atom is 0.416 e. The van der Waals surface area contributed by atoms with Gasteiger partial charge >= 0.3 is 12.2 Å². The predicted octanol–water partition coefficient (Wildman–Crippen LogP) is 2.97. The van der Waals surface area contributed by atoms with Gasteiger partial charge in [0.1, 0.15) is 0 Å². The van der Waals surface area contributed by atoms with Gasteiger partial charge in [0.15, 0.2) is 0 Å². The average Bonchev–Trinajstić information content (AvgIpc) is 2.38. The summed E-state index contributed by atoms with van der Waals surface area (Å²) in [6.07, 6.45) is -2.70. The van der Waals surface area contributed by atoms with E-state index in [0.29, 0.717) is 11.7 Å². The standard InChI is InChI=1S/C14H18F3N3O/c1-9-8-12(6-7-18-9)20-13(21)19-11-4-2-10(3-5-11)14(15,16)17/h2-5,9,12,18H,6-8H2,1H3,(H2,19,20,21). The van der Waals surface area contributed by atoms with Crippen LogP contribution in [-0.2, 0) is 6.18 Å². The first-order valence-corrected chi connectivity index (χ1v) is 6.83. The summed E-state index contributed by atoms with van der Waals surface area (Å²) in [4.78, 5) is 11.8. The molecular formula is C14H18F3N3O. The van der Waals surface area contributed by atoms with Crippen LogP contribution in [0, 0.1) is 0 Å². The summed E-state index contributed by atoms with van der Waals surface area (Å²) in [5, 5.41) is 8.65. The number of benzene rings is 1. The first-order valence-electron chi connectivity index (χ1n) is 6.83. The highest BCUT2D eigenvalue weighted by Gasteiger charge is 2.30. The molecule has 2 amide bonds. The highest BCUT2D eigenvalue weighted by atomic mass is 19.4. The largest absolute Gasteiger partial charge is 0.416 e. The lowest BCUT2D eigenvalue weighted by Gasteiger charge is -2.28. The highest BCUT2D eigenvalue weighted by Crippen LogP contribution is 2.29. The van der Waals surface area contributed by atoms with Crippen molar-refractivity contribution in [3.05, 3.63) is 29.8 Å². The number of rotatable bonds is 2. The number of carbonyl (C=O) groups is 1. The van der Waals surface area contributed by atoms with E-state index in [1.165, 1.54) is 12.1 Å². The average molecular weight is 301 g/mol. The number of carbonyl (C=O) groups excluding carboxylic acids is 1. The van der Waals surface area contributed by atoms with Crippen LogP contribution in [0.2, 0.25) is 0 Å². The number of urea groups is 1. The van der Waals surface area contributed by atoms with Crippen LogP contribution in [-0.4, -0.2) is 24.7 Å². The fourth-order valence-corrected chi connectivity index (χ4v) is 2.36. The lowest BCUT2D eigenvalue weighted by atomic mass is 10.0. The van der Waals surface area contributed by atoms with Crippen molar-refractivity contribution in [1.82, 2.24) is 10.6 Å². The van der Waals surface area contributed by atoms with Crippen molar-refractivity contribution in [3.8, 4) is 0 Å². The summed E-state index contributed by atoms with van der Waals surface area (Å²) in [6.45, 7) is 2.88. The molecule has 21 heavy (non-hydrogen) atoms. The van der Waals surface area contributed by atoms with Crippen LogP contribution in [0.3, 0.4) is 0 Å². The molecule has 0 radical (unpaired) electrons. The minimum absolute atomic E-state index is 0.0794. The molecule has 1 aliphatic heterocycles. The molecule has 0 bridgehead atoms. The third-order valence-corrected chi connectivity index (χ3v) is 3.43. The molecule has 116 valence electrons. The molecule has 3 N–H and O–H groups in total. The van der Waals surface area contributed by atoms with Gasteiger partial charge in [-0.15, -0.1) is 0 Å². The van der Waals surface area contributed by atoms with Gasteiger partial charge in [0.2, 0.25) is 0 Å². The fraction of sp³-hybridized carbons (Fsp3) is 0.500. The van der Waals surface area contributed by atoms with E-state index >= 15 is 0 Å². The van der Waals surface area contributed by atoms with Gasteiger partial charge in [0, 0.05) is 17.8 Å². The lowest BCUT2D eigenvalue weighted by Crippen LogP contribution is -2.47. The Morgan fingerprint density at radius 1 is 1.29 bits per heavy atom. The molecule has 1 aromatic carbocycles. The second-order valence-electron chi connectivity index (χ2n) is 5.25. The van der Waals surface area contributed by atoms with Crippen LogP contribution < -0.4 is 16.0 Å². The number of hydrogen-bond acceptors (Lipinski definition) is 2. The first kappa shape index (κ1) is 15.6. The molecule has 2 rings (SSSR count). The molecule has 2 atom stereocenters. The zero-order valence-corrected chi connectivity index (χ0v) is 11.6. The number of alkyl halides is 3. The normalized spacial score (nSPS) is 22.7. The zero-order valence-electron chi connectivity index (χ0n) is 11.6. The summed E-state index contributed by atoms with van der Waals surface area (Å²) >= 11 is 0. The molecule has 0 saturated carbocycles. The Balaban J connectivity index is 1.87. The summed E-state index contributed by atoms with van der Waals surface area (Å²) in [7, 11) is 0. The number of halogens is 3. The Hall–Kier alpha value is -1.76. The van der Waals surface area contributed by atoms with E-state index in [0.717, 1.165) is 31.5 Å². The number of anilines is 1. The molecule has 0 spiro atoms. The molecule has 1 heterocycles. The smallest absolute Gasteiger partial charge is 0.335 e. The van der Waals surface area contributed by atoms with E-state index in [-0.39, 0.29) is 6.04 Å². The molecule has 0 aromatic heterocycles. The van der Waals surface area contributed by atoms with Gasteiger partial charge in [0.25, 0.3) is 0 Å². The second kappa shape index (κ2) is 6.34. The number of nitrogens with one attached hydrogen (secondary N) is 3. The molecule has 1 aliphatic rings. The molecule has 2 unspecified atom stereocenters. The summed E-state index contributed by atoms with van der Waals surface area (Å²) in [5.41, 5.74) is -0.400. The molecule has 1 saturated heterocycles. The van der Waals surface area contributed by atoms with Crippen molar-refractivity contribution in [3.63, 3.8) is 0 Å². The quantitative estimate of drug-likeness (QED) is 0.786. The van der Waals surface area contributed by atoms with Crippen molar-refractivity contribution in [2.45, 2.75) is 38.0 Å². The zero-order chi connectivity index (χ0) is 15.5. The SMILES string of the molecule is CC1CC(NC(=O)Nc2ccc(C(F)(F)F)cc2)CCN1. The van der Waals surface area contributed by atoms with Crippen LogP contribution in [0.25, 0.3) is 0 Å². The third kappa shape index (κ3) is 4.63. The summed E-state index contributed by atoms with van der Waals surface area (Å²) in [6, 6.07) is 4.41. The molecule has 1 fully saturated rings. The molecule has 0 aliphatic carbocycles. The lowest BCUT2D eigenvalue weighted by molar-refractivity contribution is -0.137. The molecule has 1 aromatic rings. The van der Waals surface area contributed by atoms with Crippen molar-refractivity contribution in [2.75, 3.05) is 11.9 Å². The van der Waals surface area contributed by atoms with Gasteiger partial charge in [-0.2, -0.15) is 13.2 Å². The fourth-order valence-electron chi connectivity index (χ4n) is 2.36. The van der Waals surface area contributed by atoms with Gasteiger partial charge in [-0.3, -0.25) is 0 Å². The van der Waals surface area contributed by atoms with Gasteiger partial charge in [0.05, 0.1) is 5.56 Å². The maximum absolute atomic E-state index is 12.4. The van der Waals surface area contributed by atoms with E-state index in [1.807, 2.05) is 6.92 Å². The van der Waals surface area contributed by atoms with Crippen LogP contribution >= 0.6 is 0 Å². The summed E-state index contributed by atoms with van der Waals surface area (Å²) in [5.74, 6) is 0. The number of hydrogen-bond donors (Lipinski definition) is 3. The van der Waals surface area contributed by atoms with E-state index < -0.39 is 17.8 Å². The highest BCUT2D eigenvalue weighted by molar-refractivity contribution is 5.89. The van der Waals surface area contributed by atoms with Crippen LogP contribution in [0.4, 0.5) is 23.7 Å². The second-order valence-corrected chi connectivity index (χ2v) is 5.25. The van der Waals surface area contributed by atoms with E-state index in [4.69, 9.17) is 0 Å². The molecule has 7 heteroatoms. The van der Waals surface area contributed by atoms with E-state index in [2.05, 4.69) is 16.0 Å². The number of amides is 2. The van der Waals surface area contributed by atoms with Crippen molar-refractivity contribution in [2.24, 2.45) is 0 Å².